The number of aliphatic hydroxyl groups excluding tert-OH is 1. The standard InChI is InChI=1S/C10H10Cl2N2O5S/c11-7-1-2-8(9(12)10(7)14(16)17)20(18,19)13-5-3-6(15)4-5/h1-2,5-6,13,15H,3-4H2. The first kappa shape index (κ1) is 15.5. The van der Waals surface area contributed by atoms with Crippen molar-refractivity contribution >= 4 is 38.9 Å². The SMILES string of the molecule is O=[N+]([O-])c1c(Cl)ccc(S(=O)(=O)NC2CC(O)C2)c1Cl. The molecular formula is C10H10Cl2N2O5S. The monoisotopic (exact) mass is 340 g/mol. The lowest BCUT2D eigenvalue weighted by molar-refractivity contribution is -0.384. The minimum atomic E-state index is -4.00. The summed E-state index contributed by atoms with van der Waals surface area (Å²) in [6.45, 7) is 0. The number of benzene rings is 1. The zero-order valence-electron chi connectivity index (χ0n) is 9.92. The highest BCUT2D eigenvalue weighted by atomic mass is 35.5. The average molecular weight is 341 g/mol. The molecule has 0 unspecified atom stereocenters. The summed E-state index contributed by atoms with van der Waals surface area (Å²) in [4.78, 5) is 9.60. The number of nitrogens with one attached hydrogen (secondary N) is 1. The maximum absolute atomic E-state index is 12.1. The van der Waals surface area contributed by atoms with Crippen molar-refractivity contribution in [3.63, 3.8) is 0 Å². The van der Waals surface area contributed by atoms with Gasteiger partial charge in [0.1, 0.15) is 14.9 Å². The minimum Gasteiger partial charge on any atom is -0.393 e. The lowest BCUT2D eigenvalue weighted by Gasteiger charge is -2.31. The lowest BCUT2D eigenvalue weighted by Crippen LogP contribution is -2.46. The largest absolute Gasteiger partial charge is 0.393 e. The Morgan fingerprint density at radius 2 is 1.95 bits per heavy atom. The second-order valence-corrected chi connectivity index (χ2v) is 6.88. The summed E-state index contributed by atoms with van der Waals surface area (Å²) in [5.41, 5.74) is -0.648. The molecule has 1 fully saturated rings. The molecule has 1 saturated carbocycles. The lowest BCUT2D eigenvalue weighted by atomic mass is 9.91. The molecular weight excluding hydrogens is 331 g/mol. The van der Waals surface area contributed by atoms with E-state index < -0.39 is 42.7 Å². The van der Waals surface area contributed by atoms with Crippen LogP contribution in [0.1, 0.15) is 12.8 Å². The van der Waals surface area contributed by atoms with Crippen molar-refractivity contribution in [2.75, 3.05) is 0 Å². The summed E-state index contributed by atoms with van der Waals surface area (Å²) in [6.07, 6.45) is 0.0664. The van der Waals surface area contributed by atoms with E-state index in [1.54, 1.807) is 0 Å². The molecule has 0 aromatic heterocycles. The van der Waals surface area contributed by atoms with E-state index in [1.807, 2.05) is 0 Å². The normalized spacial score (nSPS) is 22.4. The van der Waals surface area contributed by atoms with Crippen LogP contribution in [0.3, 0.4) is 0 Å². The van der Waals surface area contributed by atoms with E-state index in [4.69, 9.17) is 28.3 Å². The first-order valence-corrected chi connectivity index (χ1v) is 7.79. The van der Waals surface area contributed by atoms with Crippen LogP contribution in [0.25, 0.3) is 0 Å². The number of nitro benzene ring substituents is 1. The molecule has 1 aliphatic carbocycles. The van der Waals surface area contributed by atoms with E-state index in [0.29, 0.717) is 12.8 Å². The Morgan fingerprint density at radius 3 is 2.45 bits per heavy atom. The molecule has 0 heterocycles. The molecule has 0 spiro atoms. The van der Waals surface area contributed by atoms with E-state index >= 15 is 0 Å². The van der Waals surface area contributed by atoms with Crippen LogP contribution in [0, 0.1) is 10.1 Å². The summed E-state index contributed by atoms with van der Waals surface area (Å²) in [5, 5.41) is 19.2. The van der Waals surface area contributed by atoms with Crippen LogP contribution in [0.2, 0.25) is 10.0 Å². The van der Waals surface area contributed by atoms with E-state index in [-0.39, 0.29) is 5.02 Å². The molecule has 0 aliphatic heterocycles. The first-order chi connectivity index (χ1) is 9.22. The van der Waals surface area contributed by atoms with Crippen molar-refractivity contribution < 1.29 is 18.4 Å². The predicted octanol–water partition coefficient (Wildman–Crippen LogP) is 1.70. The zero-order chi connectivity index (χ0) is 15.1. The number of rotatable bonds is 4. The number of hydrogen-bond acceptors (Lipinski definition) is 5. The molecule has 1 aromatic rings. The van der Waals surface area contributed by atoms with Gasteiger partial charge in [-0.2, -0.15) is 0 Å². The molecule has 2 rings (SSSR count). The van der Waals surface area contributed by atoms with Gasteiger partial charge in [0, 0.05) is 6.04 Å². The molecule has 0 atom stereocenters. The summed E-state index contributed by atoms with van der Waals surface area (Å²) in [7, 11) is -4.00. The number of halogens is 2. The average Bonchev–Trinajstić information content (AvgIpc) is 2.25. The Balaban J connectivity index is 2.37. The number of nitro groups is 1. The van der Waals surface area contributed by atoms with Crippen LogP contribution in [-0.2, 0) is 10.0 Å². The molecule has 20 heavy (non-hydrogen) atoms. The van der Waals surface area contributed by atoms with Gasteiger partial charge in [-0.1, -0.05) is 23.2 Å². The Hall–Kier alpha value is -0.930. The Labute approximate surface area is 124 Å². The molecule has 2 N–H and O–H groups in total. The van der Waals surface area contributed by atoms with Gasteiger partial charge in [-0.3, -0.25) is 10.1 Å². The van der Waals surface area contributed by atoms with Crippen LogP contribution in [0.15, 0.2) is 17.0 Å². The maximum Gasteiger partial charge on any atom is 0.307 e. The molecule has 0 amide bonds. The highest BCUT2D eigenvalue weighted by Crippen LogP contribution is 2.37. The molecule has 10 heteroatoms. The van der Waals surface area contributed by atoms with E-state index in [9.17, 15) is 18.5 Å². The van der Waals surface area contributed by atoms with Crippen LogP contribution in [0.4, 0.5) is 5.69 Å². The van der Waals surface area contributed by atoms with Gasteiger partial charge in [0.2, 0.25) is 10.0 Å². The van der Waals surface area contributed by atoms with Crippen molar-refractivity contribution in [2.45, 2.75) is 29.9 Å². The maximum atomic E-state index is 12.1. The van der Waals surface area contributed by atoms with Gasteiger partial charge in [-0.05, 0) is 25.0 Å². The number of aliphatic hydroxyl groups is 1. The number of nitrogens with zero attached hydrogens (tertiary/aromatic N) is 1. The summed E-state index contributed by atoms with van der Waals surface area (Å²) >= 11 is 11.4. The van der Waals surface area contributed by atoms with Crippen LogP contribution in [-0.4, -0.2) is 30.6 Å². The quantitative estimate of drug-likeness (QED) is 0.640. The third-order valence-corrected chi connectivity index (χ3v) is 5.30. The highest BCUT2D eigenvalue weighted by molar-refractivity contribution is 7.89. The van der Waals surface area contributed by atoms with Gasteiger partial charge < -0.3 is 5.11 Å². The van der Waals surface area contributed by atoms with E-state index in [0.717, 1.165) is 12.1 Å². The van der Waals surface area contributed by atoms with Crippen molar-refractivity contribution in [3.8, 4) is 0 Å². The third kappa shape index (κ3) is 2.89. The van der Waals surface area contributed by atoms with Crippen molar-refractivity contribution in [2.24, 2.45) is 0 Å². The molecule has 0 bridgehead atoms. The van der Waals surface area contributed by atoms with Gasteiger partial charge in [0.25, 0.3) is 0 Å². The summed E-state index contributed by atoms with van der Waals surface area (Å²) < 4.78 is 26.5. The number of hydrogen-bond donors (Lipinski definition) is 2. The summed E-state index contributed by atoms with van der Waals surface area (Å²) in [5.74, 6) is 0. The molecule has 110 valence electrons. The second-order valence-electron chi connectivity index (χ2n) is 4.41. The Kier molecular flexibility index (Phi) is 4.22. The molecule has 7 nitrogen and oxygen atoms in total. The van der Waals surface area contributed by atoms with Crippen molar-refractivity contribution in [3.05, 3.63) is 32.3 Å². The highest BCUT2D eigenvalue weighted by Gasteiger charge is 2.34. The smallest absolute Gasteiger partial charge is 0.307 e. The molecule has 1 aliphatic rings. The first-order valence-electron chi connectivity index (χ1n) is 5.55. The van der Waals surface area contributed by atoms with Gasteiger partial charge in [-0.15, -0.1) is 0 Å². The van der Waals surface area contributed by atoms with E-state index in [1.165, 1.54) is 0 Å². The van der Waals surface area contributed by atoms with Gasteiger partial charge >= 0.3 is 5.69 Å². The molecule has 0 radical (unpaired) electrons. The molecule has 0 saturated heterocycles. The summed E-state index contributed by atoms with van der Waals surface area (Å²) in [6, 6.07) is 1.81. The second kappa shape index (κ2) is 5.45. The van der Waals surface area contributed by atoms with Crippen LogP contribution >= 0.6 is 23.2 Å². The van der Waals surface area contributed by atoms with Crippen molar-refractivity contribution in [1.29, 1.82) is 0 Å². The van der Waals surface area contributed by atoms with E-state index in [2.05, 4.69) is 4.72 Å². The molecule has 1 aromatic carbocycles. The minimum absolute atomic E-state index is 0.238. The fraction of sp³-hybridized carbons (Fsp3) is 0.400. The van der Waals surface area contributed by atoms with Gasteiger partial charge in [0.15, 0.2) is 0 Å². The van der Waals surface area contributed by atoms with Crippen molar-refractivity contribution in [1.82, 2.24) is 4.72 Å². The zero-order valence-corrected chi connectivity index (χ0v) is 12.2. The van der Waals surface area contributed by atoms with Crippen LogP contribution < -0.4 is 4.72 Å². The number of sulfonamides is 1. The Morgan fingerprint density at radius 1 is 1.35 bits per heavy atom. The van der Waals surface area contributed by atoms with Gasteiger partial charge in [0.05, 0.1) is 11.0 Å². The fourth-order valence-corrected chi connectivity index (χ4v) is 4.02. The van der Waals surface area contributed by atoms with Crippen LogP contribution in [0.5, 0.6) is 0 Å². The van der Waals surface area contributed by atoms with Gasteiger partial charge in [-0.25, -0.2) is 13.1 Å². The topological polar surface area (TPSA) is 110 Å². The third-order valence-electron chi connectivity index (χ3n) is 2.94. The predicted molar refractivity (Wildman–Crippen MR) is 72.5 cm³/mol. The Bertz CT molecular complexity index is 658. The fourth-order valence-electron chi connectivity index (χ4n) is 1.86.